The molecule has 9 heteroatoms. The zero-order valence-electron chi connectivity index (χ0n) is 14.2. The van der Waals surface area contributed by atoms with Crippen molar-refractivity contribution in [3.05, 3.63) is 48.0 Å². The molecule has 2 unspecified atom stereocenters. The Morgan fingerprint density at radius 3 is 2.42 bits per heavy atom. The minimum absolute atomic E-state index is 0.176. The Kier molecular flexibility index (Phi) is 5.31. The SMILES string of the molecule is CC1(C(O)C(Cc2ccc(C(F)(F)F)cc2)n2cncn2)COCOC1. The molecule has 1 N–H and O–H groups in total. The highest BCUT2D eigenvalue weighted by Crippen LogP contribution is 2.34. The smallest absolute Gasteiger partial charge is 0.390 e. The van der Waals surface area contributed by atoms with Crippen LogP contribution in [0.4, 0.5) is 13.2 Å². The van der Waals surface area contributed by atoms with Crippen LogP contribution >= 0.6 is 0 Å². The number of hydrogen-bond donors (Lipinski definition) is 1. The van der Waals surface area contributed by atoms with E-state index in [1.54, 1.807) is 0 Å². The summed E-state index contributed by atoms with van der Waals surface area (Å²) in [6.07, 6.45) is -2.16. The third-order valence-electron chi connectivity index (χ3n) is 4.61. The first-order chi connectivity index (χ1) is 12.3. The molecule has 1 aromatic carbocycles. The molecule has 0 aliphatic carbocycles. The molecule has 2 atom stereocenters. The topological polar surface area (TPSA) is 69.4 Å². The van der Waals surface area contributed by atoms with E-state index in [1.807, 2.05) is 6.92 Å². The van der Waals surface area contributed by atoms with Gasteiger partial charge in [0, 0.05) is 5.41 Å². The van der Waals surface area contributed by atoms with Gasteiger partial charge >= 0.3 is 6.18 Å². The first kappa shape index (κ1) is 18.8. The lowest BCUT2D eigenvalue weighted by Crippen LogP contribution is -2.48. The summed E-state index contributed by atoms with van der Waals surface area (Å²) < 4.78 is 50.4. The summed E-state index contributed by atoms with van der Waals surface area (Å²) in [5.74, 6) is 0. The van der Waals surface area contributed by atoms with Gasteiger partial charge in [0.2, 0.25) is 0 Å². The van der Waals surface area contributed by atoms with E-state index in [0.717, 1.165) is 12.1 Å². The van der Waals surface area contributed by atoms with E-state index in [4.69, 9.17) is 9.47 Å². The summed E-state index contributed by atoms with van der Waals surface area (Å²) in [5, 5.41) is 15.1. The normalized spacial score (nSPS) is 19.9. The van der Waals surface area contributed by atoms with Gasteiger partial charge in [0.25, 0.3) is 0 Å². The maximum absolute atomic E-state index is 12.7. The lowest BCUT2D eigenvalue weighted by Gasteiger charge is -2.40. The first-order valence-corrected chi connectivity index (χ1v) is 8.13. The van der Waals surface area contributed by atoms with Crippen LogP contribution in [-0.4, -0.2) is 46.0 Å². The van der Waals surface area contributed by atoms with Gasteiger partial charge in [-0.25, -0.2) is 9.67 Å². The molecule has 3 rings (SSSR count). The molecule has 1 fully saturated rings. The molecule has 0 saturated carbocycles. The molecule has 6 nitrogen and oxygen atoms in total. The van der Waals surface area contributed by atoms with Crippen LogP contribution in [0, 0.1) is 5.41 Å². The van der Waals surface area contributed by atoms with Crippen molar-refractivity contribution < 1.29 is 27.8 Å². The fourth-order valence-corrected chi connectivity index (χ4v) is 3.10. The van der Waals surface area contributed by atoms with Crippen molar-refractivity contribution >= 4 is 0 Å². The first-order valence-electron chi connectivity index (χ1n) is 8.13. The number of ether oxygens (including phenoxy) is 2. The Bertz CT molecular complexity index is 698. The minimum atomic E-state index is -4.38. The predicted molar refractivity (Wildman–Crippen MR) is 85.1 cm³/mol. The fourth-order valence-electron chi connectivity index (χ4n) is 3.10. The summed E-state index contributed by atoms with van der Waals surface area (Å²) in [5.41, 5.74) is -0.722. The summed E-state index contributed by atoms with van der Waals surface area (Å²) in [4.78, 5) is 3.91. The highest BCUT2D eigenvalue weighted by molar-refractivity contribution is 5.25. The van der Waals surface area contributed by atoms with Gasteiger partial charge < -0.3 is 14.6 Å². The van der Waals surface area contributed by atoms with Crippen LogP contribution in [0.2, 0.25) is 0 Å². The molecule has 1 aromatic heterocycles. The quantitative estimate of drug-likeness (QED) is 0.874. The summed E-state index contributed by atoms with van der Waals surface area (Å²) in [6, 6.07) is 4.37. The number of benzene rings is 1. The second-order valence-electron chi connectivity index (χ2n) is 6.76. The molecule has 1 saturated heterocycles. The Labute approximate surface area is 148 Å². The van der Waals surface area contributed by atoms with Gasteiger partial charge in [-0.15, -0.1) is 0 Å². The maximum atomic E-state index is 12.7. The molecule has 1 aliphatic heterocycles. The van der Waals surface area contributed by atoms with Gasteiger partial charge in [0.15, 0.2) is 0 Å². The molecule has 2 heterocycles. The molecule has 0 amide bonds. The van der Waals surface area contributed by atoms with Crippen molar-refractivity contribution in [2.24, 2.45) is 5.41 Å². The van der Waals surface area contributed by atoms with Crippen LogP contribution in [0.3, 0.4) is 0 Å². The zero-order chi connectivity index (χ0) is 18.8. The summed E-state index contributed by atoms with van der Waals surface area (Å²) in [7, 11) is 0. The van der Waals surface area contributed by atoms with E-state index in [9.17, 15) is 18.3 Å². The largest absolute Gasteiger partial charge is 0.416 e. The fraction of sp³-hybridized carbons (Fsp3) is 0.529. The summed E-state index contributed by atoms with van der Waals surface area (Å²) in [6.45, 7) is 2.64. The monoisotopic (exact) mass is 371 g/mol. The van der Waals surface area contributed by atoms with Gasteiger partial charge in [-0.2, -0.15) is 18.3 Å². The number of rotatable bonds is 5. The molecule has 0 radical (unpaired) electrons. The van der Waals surface area contributed by atoms with Gasteiger partial charge in [-0.1, -0.05) is 19.1 Å². The number of aliphatic hydroxyl groups is 1. The average Bonchev–Trinajstić information content (AvgIpc) is 3.14. The Morgan fingerprint density at radius 1 is 1.23 bits per heavy atom. The highest BCUT2D eigenvalue weighted by atomic mass is 19.4. The second-order valence-corrected chi connectivity index (χ2v) is 6.76. The van der Waals surface area contributed by atoms with Crippen LogP contribution in [0.25, 0.3) is 0 Å². The van der Waals surface area contributed by atoms with Crippen molar-refractivity contribution in [2.45, 2.75) is 31.7 Å². The highest BCUT2D eigenvalue weighted by Gasteiger charge is 2.42. The molecular formula is C17H20F3N3O3. The summed E-state index contributed by atoms with van der Waals surface area (Å²) >= 11 is 0. The number of aliphatic hydroxyl groups excluding tert-OH is 1. The Balaban J connectivity index is 1.83. The van der Waals surface area contributed by atoms with E-state index in [1.165, 1.54) is 29.5 Å². The number of hydrogen-bond acceptors (Lipinski definition) is 5. The van der Waals surface area contributed by atoms with Crippen molar-refractivity contribution in [3.63, 3.8) is 0 Å². The molecule has 26 heavy (non-hydrogen) atoms. The molecule has 1 aliphatic rings. The standard InChI is InChI=1S/C17H20F3N3O3/c1-16(7-25-11-26-8-16)15(24)14(23-10-21-9-22-23)6-12-2-4-13(5-3-12)17(18,19)20/h2-5,9-10,14-15,24H,6-8,11H2,1H3. The van der Waals surface area contributed by atoms with Crippen molar-refractivity contribution in [2.75, 3.05) is 20.0 Å². The van der Waals surface area contributed by atoms with E-state index in [0.29, 0.717) is 18.8 Å². The van der Waals surface area contributed by atoms with Gasteiger partial charge in [0.05, 0.1) is 30.9 Å². The van der Waals surface area contributed by atoms with Crippen LogP contribution in [0.1, 0.15) is 24.1 Å². The Hall–Kier alpha value is -1.97. The number of alkyl halides is 3. The number of aromatic nitrogens is 3. The van der Waals surface area contributed by atoms with Crippen molar-refractivity contribution in [1.29, 1.82) is 0 Å². The zero-order valence-corrected chi connectivity index (χ0v) is 14.2. The van der Waals surface area contributed by atoms with E-state index < -0.39 is 29.3 Å². The van der Waals surface area contributed by atoms with Gasteiger partial charge in [0.1, 0.15) is 19.4 Å². The van der Waals surface area contributed by atoms with E-state index >= 15 is 0 Å². The lowest BCUT2D eigenvalue weighted by atomic mass is 9.80. The molecule has 2 aromatic rings. The molecule has 0 bridgehead atoms. The minimum Gasteiger partial charge on any atom is -0.390 e. The van der Waals surface area contributed by atoms with Crippen LogP contribution < -0.4 is 0 Å². The predicted octanol–water partition coefficient (Wildman–Crippen LogP) is 2.45. The molecular weight excluding hydrogens is 351 g/mol. The third kappa shape index (κ3) is 4.05. The van der Waals surface area contributed by atoms with E-state index in [-0.39, 0.29) is 13.2 Å². The van der Waals surface area contributed by atoms with Crippen molar-refractivity contribution in [1.82, 2.24) is 14.8 Å². The second kappa shape index (κ2) is 7.34. The van der Waals surface area contributed by atoms with Crippen molar-refractivity contribution in [3.8, 4) is 0 Å². The number of nitrogens with zero attached hydrogens (tertiary/aromatic N) is 3. The van der Waals surface area contributed by atoms with Crippen LogP contribution in [-0.2, 0) is 22.1 Å². The van der Waals surface area contributed by atoms with Gasteiger partial charge in [-0.05, 0) is 24.1 Å². The Morgan fingerprint density at radius 2 is 1.88 bits per heavy atom. The average molecular weight is 371 g/mol. The molecule has 0 spiro atoms. The lowest BCUT2D eigenvalue weighted by molar-refractivity contribution is -0.196. The third-order valence-corrected chi connectivity index (χ3v) is 4.61. The van der Waals surface area contributed by atoms with Crippen LogP contribution in [0.15, 0.2) is 36.9 Å². The maximum Gasteiger partial charge on any atom is 0.416 e. The molecule has 142 valence electrons. The van der Waals surface area contributed by atoms with Gasteiger partial charge in [-0.3, -0.25) is 0 Å². The number of halogens is 3. The van der Waals surface area contributed by atoms with E-state index in [2.05, 4.69) is 10.1 Å². The van der Waals surface area contributed by atoms with Crippen LogP contribution in [0.5, 0.6) is 0 Å².